The predicted molar refractivity (Wildman–Crippen MR) is 69.7 cm³/mol. The average Bonchev–Trinajstić information content (AvgIpc) is 2.63. The van der Waals surface area contributed by atoms with Gasteiger partial charge in [0.2, 0.25) is 0 Å². The molecule has 0 unspecified atom stereocenters. The van der Waals surface area contributed by atoms with Gasteiger partial charge in [0.05, 0.1) is 10.2 Å². The first-order valence-corrected chi connectivity index (χ1v) is 5.82. The third-order valence-electron chi connectivity index (χ3n) is 2.25. The zero-order valence-electron chi connectivity index (χ0n) is 9.45. The molecule has 5 nitrogen and oxygen atoms in total. The highest BCUT2D eigenvalue weighted by molar-refractivity contribution is 9.10. The Balaban J connectivity index is 2.21. The van der Waals surface area contributed by atoms with Gasteiger partial charge in [-0.2, -0.15) is 5.10 Å². The molecule has 0 aliphatic carbocycles. The molecule has 94 valence electrons. The van der Waals surface area contributed by atoms with E-state index >= 15 is 0 Å². The van der Waals surface area contributed by atoms with Crippen LogP contribution in [-0.4, -0.2) is 15.7 Å². The van der Waals surface area contributed by atoms with Crippen molar-refractivity contribution in [3.63, 3.8) is 0 Å². The van der Waals surface area contributed by atoms with E-state index in [4.69, 9.17) is 5.73 Å². The summed E-state index contributed by atoms with van der Waals surface area (Å²) in [6.07, 6.45) is 1.54. The average molecular weight is 313 g/mol. The lowest BCUT2D eigenvalue weighted by Crippen LogP contribution is -2.14. The summed E-state index contributed by atoms with van der Waals surface area (Å²) >= 11 is 3.04. The van der Waals surface area contributed by atoms with Crippen LogP contribution in [0.15, 0.2) is 28.9 Å². The van der Waals surface area contributed by atoms with Gasteiger partial charge in [0, 0.05) is 18.9 Å². The van der Waals surface area contributed by atoms with E-state index in [9.17, 15) is 9.18 Å². The second-order valence-corrected chi connectivity index (χ2v) is 4.54. The number of nitrogen functional groups attached to an aromatic ring is 1. The highest BCUT2D eigenvalue weighted by Gasteiger charge is 2.14. The van der Waals surface area contributed by atoms with Crippen LogP contribution in [-0.2, 0) is 7.05 Å². The van der Waals surface area contributed by atoms with E-state index in [0.29, 0.717) is 5.69 Å². The summed E-state index contributed by atoms with van der Waals surface area (Å²) in [7, 11) is 1.67. The van der Waals surface area contributed by atoms with Crippen LogP contribution in [0.2, 0.25) is 0 Å². The van der Waals surface area contributed by atoms with Crippen LogP contribution in [0.5, 0.6) is 0 Å². The molecule has 3 N–H and O–H groups in total. The van der Waals surface area contributed by atoms with E-state index in [1.54, 1.807) is 7.05 Å². The quantitative estimate of drug-likeness (QED) is 0.892. The number of benzene rings is 1. The molecule has 1 heterocycles. The van der Waals surface area contributed by atoms with E-state index in [2.05, 4.69) is 26.3 Å². The Morgan fingerprint density at radius 2 is 2.28 bits per heavy atom. The minimum absolute atomic E-state index is 0.137. The smallest absolute Gasteiger partial charge is 0.278 e. The van der Waals surface area contributed by atoms with Crippen molar-refractivity contribution in [2.24, 2.45) is 7.05 Å². The molecular weight excluding hydrogens is 303 g/mol. The molecule has 2 aromatic rings. The zero-order chi connectivity index (χ0) is 13.3. The van der Waals surface area contributed by atoms with Crippen molar-refractivity contribution in [3.8, 4) is 0 Å². The van der Waals surface area contributed by atoms with Crippen LogP contribution >= 0.6 is 15.9 Å². The highest BCUT2D eigenvalue weighted by atomic mass is 79.9. The Kier molecular flexibility index (Phi) is 3.33. The first-order chi connectivity index (χ1) is 8.47. The number of aryl methyl sites for hydroxylation is 1. The normalized spacial score (nSPS) is 10.4. The molecule has 7 heteroatoms. The number of carbonyl (C=O) groups excluding carboxylic acids is 1. The largest absolute Gasteiger partial charge is 0.396 e. The summed E-state index contributed by atoms with van der Waals surface area (Å²) in [5.74, 6) is -0.836. The number of aromatic nitrogens is 2. The maximum atomic E-state index is 13.0. The number of halogens is 2. The van der Waals surface area contributed by atoms with E-state index in [1.165, 1.54) is 29.1 Å². The third kappa shape index (κ3) is 2.51. The van der Waals surface area contributed by atoms with Gasteiger partial charge < -0.3 is 11.1 Å². The minimum Gasteiger partial charge on any atom is -0.396 e. The maximum Gasteiger partial charge on any atom is 0.278 e. The molecule has 0 aliphatic rings. The monoisotopic (exact) mass is 312 g/mol. The minimum atomic E-state index is -0.438. The third-order valence-corrected chi connectivity index (χ3v) is 2.86. The van der Waals surface area contributed by atoms with Crippen molar-refractivity contribution in [2.45, 2.75) is 0 Å². The van der Waals surface area contributed by atoms with Gasteiger partial charge in [0.25, 0.3) is 5.91 Å². The lowest BCUT2D eigenvalue weighted by atomic mass is 10.3. The van der Waals surface area contributed by atoms with E-state index in [0.717, 1.165) is 0 Å². The number of hydrogen-bond acceptors (Lipinski definition) is 3. The standard InChI is InChI=1S/C11H10BrFN4O/c1-17-5-9(14)10(16-17)11(18)15-6-2-3-8(13)7(12)4-6/h2-5H,14H2,1H3,(H,15,18). The van der Waals surface area contributed by atoms with Crippen molar-refractivity contribution in [3.05, 3.63) is 40.4 Å². The molecule has 0 aliphatic heterocycles. The van der Waals surface area contributed by atoms with Crippen molar-refractivity contribution < 1.29 is 9.18 Å². The molecule has 2 rings (SSSR count). The maximum absolute atomic E-state index is 13.0. The number of hydrogen-bond donors (Lipinski definition) is 2. The molecule has 0 bridgehead atoms. The number of nitrogens with one attached hydrogen (secondary N) is 1. The number of anilines is 2. The van der Waals surface area contributed by atoms with Gasteiger partial charge >= 0.3 is 0 Å². The Bertz CT molecular complexity index is 611. The zero-order valence-corrected chi connectivity index (χ0v) is 11.0. The van der Waals surface area contributed by atoms with Crippen LogP contribution in [0.4, 0.5) is 15.8 Å². The van der Waals surface area contributed by atoms with Gasteiger partial charge in [-0.1, -0.05) is 0 Å². The van der Waals surface area contributed by atoms with Crippen molar-refractivity contribution in [2.75, 3.05) is 11.1 Å². The lowest BCUT2D eigenvalue weighted by Gasteiger charge is -2.04. The Morgan fingerprint density at radius 3 is 2.83 bits per heavy atom. The van der Waals surface area contributed by atoms with Gasteiger partial charge in [-0.15, -0.1) is 0 Å². The Morgan fingerprint density at radius 1 is 1.56 bits per heavy atom. The second-order valence-electron chi connectivity index (χ2n) is 3.69. The van der Waals surface area contributed by atoms with Crippen LogP contribution in [0.3, 0.4) is 0 Å². The summed E-state index contributed by atoms with van der Waals surface area (Å²) in [6, 6.07) is 4.17. The van der Waals surface area contributed by atoms with Crippen LogP contribution < -0.4 is 11.1 Å². The summed E-state index contributed by atoms with van der Waals surface area (Å²) < 4.78 is 14.8. The summed E-state index contributed by atoms with van der Waals surface area (Å²) in [5.41, 5.74) is 6.52. The molecule has 18 heavy (non-hydrogen) atoms. The topological polar surface area (TPSA) is 72.9 Å². The molecule has 1 aromatic carbocycles. The van der Waals surface area contributed by atoms with Gasteiger partial charge in [-0.3, -0.25) is 9.48 Å². The van der Waals surface area contributed by atoms with E-state index in [1.807, 2.05) is 0 Å². The van der Waals surface area contributed by atoms with Crippen molar-refractivity contribution in [1.82, 2.24) is 9.78 Å². The molecule has 0 fully saturated rings. The van der Waals surface area contributed by atoms with Gasteiger partial charge in [-0.25, -0.2) is 4.39 Å². The molecular formula is C11H10BrFN4O. The van der Waals surface area contributed by atoms with Crippen LogP contribution in [0.1, 0.15) is 10.5 Å². The summed E-state index contributed by atoms with van der Waals surface area (Å²) in [5, 5.41) is 6.53. The van der Waals surface area contributed by atoms with Crippen LogP contribution in [0, 0.1) is 5.82 Å². The van der Waals surface area contributed by atoms with Gasteiger partial charge in [0.15, 0.2) is 5.69 Å². The molecule has 0 radical (unpaired) electrons. The fourth-order valence-electron chi connectivity index (χ4n) is 1.45. The first kappa shape index (κ1) is 12.6. The first-order valence-electron chi connectivity index (χ1n) is 5.03. The van der Waals surface area contributed by atoms with Gasteiger partial charge in [0.1, 0.15) is 5.82 Å². The number of rotatable bonds is 2. The molecule has 0 atom stereocenters. The summed E-state index contributed by atoms with van der Waals surface area (Å²) in [6.45, 7) is 0. The van der Waals surface area contributed by atoms with Crippen molar-refractivity contribution >= 4 is 33.2 Å². The predicted octanol–water partition coefficient (Wildman–Crippen LogP) is 2.16. The fourth-order valence-corrected chi connectivity index (χ4v) is 1.83. The van der Waals surface area contributed by atoms with Crippen LogP contribution in [0.25, 0.3) is 0 Å². The second kappa shape index (κ2) is 4.77. The molecule has 0 saturated heterocycles. The SMILES string of the molecule is Cn1cc(N)c(C(=O)Nc2ccc(F)c(Br)c2)n1. The number of nitrogens with zero attached hydrogens (tertiary/aromatic N) is 2. The molecule has 1 aromatic heterocycles. The summed E-state index contributed by atoms with van der Waals surface area (Å²) in [4.78, 5) is 11.9. The van der Waals surface area contributed by atoms with Crippen molar-refractivity contribution in [1.29, 1.82) is 0 Å². The lowest BCUT2D eigenvalue weighted by molar-refractivity contribution is 0.102. The molecule has 0 spiro atoms. The fraction of sp³-hybridized carbons (Fsp3) is 0.0909. The highest BCUT2D eigenvalue weighted by Crippen LogP contribution is 2.21. The Hall–Kier alpha value is -1.89. The Labute approximate surface area is 111 Å². The number of carbonyl (C=O) groups is 1. The van der Waals surface area contributed by atoms with E-state index < -0.39 is 11.7 Å². The number of nitrogens with two attached hydrogens (primary N) is 1. The van der Waals surface area contributed by atoms with E-state index in [-0.39, 0.29) is 15.9 Å². The number of amides is 1. The molecule has 0 saturated carbocycles. The molecule has 1 amide bonds. The van der Waals surface area contributed by atoms with Gasteiger partial charge in [-0.05, 0) is 34.1 Å².